The fraction of sp³-hybridized carbons (Fsp3) is 0.105. The SMILES string of the molecule is N#Cc1cccc(Oc2cc(Cc3ccc(=O)[nH]n3)ccc2C(F)(F)F)c1. The summed E-state index contributed by atoms with van der Waals surface area (Å²) in [6.07, 6.45) is -4.39. The van der Waals surface area contributed by atoms with Crippen LogP contribution in [0.5, 0.6) is 11.5 Å². The van der Waals surface area contributed by atoms with Crippen LogP contribution in [-0.4, -0.2) is 10.2 Å². The first-order chi connectivity index (χ1) is 12.8. The molecule has 8 heteroatoms. The molecule has 2 aromatic carbocycles. The molecule has 0 fully saturated rings. The summed E-state index contributed by atoms with van der Waals surface area (Å²) in [6, 6.07) is 14.1. The third-order valence-electron chi connectivity index (χ3n) is 3.66. The van der Waals surface area contributed by atoms with Gasteiger partial charge in [0.25, 0.3) is 5.56 Å². The molecular weight excluding hydrogens is 359 g/mol. The zero-order valence-corrected chi connectivity index (χ0v) is 13.7. The summed E-state index contributed by atoms with van der Waals surface area (Å²) >= 11 is 0. The number of hydrogen-bond acceptors (Lipinski definition) is 4. The van der Waals surface area contributed by atoms with E-state index < -0.39 is 11.7 Å². The molecule has 0 amide bonds. The second-order valence-electron chi connectivity index (χ2n) is 5.66. The number of benzene rings is 2. The Morgan fingerprint density at radius 2 is 1.93 bits per heavy atom. The van der Waals surface area contributed by atoms with Crippen molar-refractivity contribution in [2.75, 3.05) is 0 Å². The number of hydrogen-bond donors (Lipinski definition) is 1. The van der Waals surface area contributed by atoms with Crippen LogP contribution in [0, 0.1) is 11.3 Å². The molecule has 0 aliphatic heterocycles. The van der Waals surface area contributed by atoms with E-state index in [0.717, 1.165) is 6.07 Å². The van der Waals surface area contributed by atoms with Gasteiger partial charge in [0.2, 0.25) is 0 Å². The van der Waals surface area contributed by atoms with E-state index in [2.05, 4.69) is 10.2 Å². The van der Waals surface area contributed by atoms with E-state index in [9.17, 15) is 18.0 Å². The second kappa shape index (κ2) is 7.33. The highest BCUT2D eigenvalue weighted by molar-refractivity contribution is 5.45. The maximum atomic E-state index is 13.3. The van der Waals surface area contributed by atoms with Gasteiger partial charge in [-0.05, 0) is 42.0 Å². The number of aromatic amines is 1. The average molecular weight is 371 g/mol. The Bertz CT molecular complexity index is 1050. The summed E-state index contributed by atoms with van der Waals surface area (Å²) in [5.41, 5.74) is -0.00830. The van der Waals surface area contributed by atoms with Gasteiger partial charge in [-0.25, -0.2) is 5.10 Å². The maximum Gasteiger partial charge on any atom is 0.419 e. The lowest BCUT2D eigenvalue weighted by Gasteiger charge is -2.15. The summed E-state index contributed by atoms with van der Waals surface area (Å²) in [6.45, 7) is 0. The van der Waals surface area contributed by atoms with Crippen LogP contribution < -0.4 is 10.3 Å². The molecule has 0 aliphatic rings. The molecule has 0 atom stereocenters. The number of H-pyrrole nitrogens is 1. The third kappa shape index (κ3) is 4.52. The van der Waals surface area contributed by atoms with E-state index in [1.807, 2.05) is 6.07 Å². The number of ether oxygens (including phenoxy) is 1. The largest absolute Gasteiger partial charge is 0.457 e. The van der Waals surface area contributed by atoms with E-state index in [-0.39, 0.29) is 29.0 Å². The molecule has 0 saturated heterocycles. The minimum absolute atomic E-state index is 0.124. The molecule has 0 saturated carbocycles. The minimum atomic E-state index is -4.60. The van der Waals surface area contributed by atoms with Crippen LogP contribution >= 0.6 is 0 Å². The highest BCUT2D eigenvalue weighted by Crippen LogP contribution is 2.39. The zero-order chi connectivity index (χ0) is 19.4. The molecule has 0 radical (unpaired) electrons. The Balaban J connectivity index is 1.96. The Morgan fingerprint density at radius 1 is 1.11 bits per heavy atom. The van der Waals surface area contributed by atoms with Gasteiger partial charge in [0.15, 0.2) is 0 Å². The van der Waals surface area contributed by atoms with Gasteiger partial charge < -0.3 is 4.74 Å². The molecule has 0 bridgehead atoms. The Kier molecular flexibility index (Phi) is 4.94. The molecule has 1 N–H and O–H groups in total. The zero-order valence-electron chi connectivity index (χ0n) is 13.7. The highest BCUT2D eigenvalue weighted by Gasteiger charge is 2.34. The number of nitrogens with zero attached hydrogens (tertiary/aromatic N) is 2. The van der Waals surface area contributed by atoms with Crippen molar-refractivity contribution in [2.24, 2.45) is 0 Å². The van der Waals surface area contributed by atoms with Gasteiger partial charge in [0.05, 0.1) is 22.9 Å². The number of halogens is 3. The van der Waals surface area contributed by atoms with Crippen LogP contribution in [0.15, 0.2) is 59.4 Å². The molecule has 3 aromatic rings. The quantitative estimate of drug-likeness (QED) is 0.751. The first kappa shape index (κ1) is 18.2. The van der Waals surface area contributed by atoms with Crippen molar-refractivity contribution < 1.29 is 17.9 Å². The minimum Gasteiger partial charge on any atom is -0.457 e. The van der Waals surface area contributed by atoms with Gasteiger partial charge in [-0.15, -0.1) is 0 Å². The van der Waals surface area contributed by atoms with Crippen molar-refractivity contribution in [2.45, 2.75) is 12.6 Å². The van der Waals surface area contributed by atoms with Crippen LogP contribution in [0.25, 0.3) is 0 Å². The molecule has 136 valence electrons. The maximum absolute atomic E-state index is 13.3. The van der Waals surface area contributed by atoms with Gasteiger partial charge in [-0.2, -0.15) is 23.5 Å². The predicted molar refractivity (Wildman–Crippen MR) is 90.3 cm³/mol. The molecule has 0 spiro atoms. The van der Waals surface area contributed by atoms with E-state index in [1.165, 1.54) is 48.5 Å². The van der Waals surface area contributed by atoms with E-state index in [4.69, 9.17) is 10.00 Å². The summed E-state index contributed by atoms with van der Waals surface area (Å²) in [7, 11) is 0. The lowest BCUT2D eigenvalue weighted by Crippen LogP contribution is -2.09. The van der Waals surface area contributed by atoms with Gasteiger partial charge in [-0.3, -0.25) is 4.79 Å². The van der Waals surface area contributed by atoms with Gasteiger partial charge in [-0.1, -0.05) is 12.1 Å². The molecule has 1 aromatic heterocycles. The smallest absolute Gasteiger partial charge is 0.419 e. The summed E-state index contributed by atoms with van der Waals surface area (Å²) in [5, 5.41) is 15.0. The van der Waals surface area contributed by atoms with Crippen molar-refractivity contribution in [3.05, 3.63) is 87.3 Å². The number of nitriles is 1. The molecular formula is C19H12F3N3O2. The molecule has 0 aliphatic carbocycles. The fourth-order valence-electron chi connectivity index (χ4n) is 2.43. The number of rotatable bonds is 4. The average Bonchev–Trinajstić information content (AvgIpc) is 2.63. The lowest BCUT2D eigenvalue weighted by atomic mass is 10.1. The van der Waals surface area contributed by atoms with Crippen molar-refractivity contribution in [1.82, 2.24) is 10.2 Å². The van der Waals surface area contributed by atoms with Crippen LogP contribution in [-0.2, 0) is 12.6 Å². The van der Waals surface area contributed by atoms with Gasteiger partial charge in [0, 0.05) is 12.5 Å². The Hall–Kier alpha value is -3.60. The van der Waals surface area contributed by atoms with Gasteiger partial charge >= 0.3 is 6.18 Å². The molecule has 27 heavy (non-hydrogen) atoms. The first-order valence-electron chi connectivity index (χ1n) is 7.78. The van der Waals surface area contributed by atoms with Crippen molar-refractivity contribution in [3.63, 3.8) is 0 Å². The Morgan fingerprint density at radius 3 is 2.59 bits per heavy atom. The van der Waals surface area contributed by atoms with E-state index in [0.29, 0.717) is 11.3 Å². The number of alkyl halides is 3. The predicted octanol–water partition coefficient (Wildman–Crippen LogP) is 4.04. The standard InChI is InChI=1S/C19H12F3N3O2/c20-19(21,22)16-6-4-12(8-14-5-7-18(26)25-24-14)10-17(16)27-15-3-1-2-13(9-15)11-23/h1-7,9-10H,8H2,(H,25,26). The number of nitrogens with one attached hydrogen (secondary N) is 1. The van der Waals surface area contributed by atoms with E-state index >= 15 is 0 Å². The topological polar surface area (TPSA) is 78.8 Å². The van der Waals surface area contributed by atoms with Crippen molar-refractivity contribution >= 4 is 0 Å². The fourth-order valence-corrected chi connectivity index (χ4v) is 2.43. The first-order valence-corrected chi connectivity index (χ1v) is 7.78. The van der Waals surface area contributed by atoms with Gasteiger partial charge in [0.1, 0.15) is 11.5 Å². The molecule has 1 heterocycles. The van der Waals surface area contributed by atoms with Crippen LogP contribution in [0.2, 0.25) is 0 Å². The summed E-state index contributed by atoms with van der Waals surface area (Å²) < 4.78 is 45.4. The van der Waals surface area contributed by atoms with Crippen molar-refractivity contribution in [1.29, 1.82) is 5.26 Å². The molecule has 5 nitrogen and oxygen atoms in total. The normalized spacial score (nSPS) is 11.0. The van der Waals surface area contributed by atoms with Crippen molar-refractivity contribution in [3.8, 4) is 17.6 Å². The number of aromatic nitrogens is 2. The van der Waals surface area contributed by atoms with Crippen LogP contribution in [0.4, 0.5) is 13.2 Å². The highest BCUT2D eigenvalue weighted by atomic mass is 19.4. The lowest BCUT2D eigenvalue weighted by molar-refractivity contribution is -0.138. The van der Waals surface area contributed by atoms with Crippen LogP contribution in [0.1, 0.15) is 22.4 Å². The molecule has 3 rings (SSSR count). The Labute approximate surface area is 151 Å². The van der Waals surface area contributed by atoms with Crippen LogP contribution in [0.3, 0.4) is 0 Å². The van der Waals surface area contributed by atoms with E-state index in [1.54, 1.807) is 0 Å². The third-order valence-corrected chi connectivity index (χ3v) is 3.66. The summed E-state index contributed by atoms with van der Waals surface area (Å²) in [4.78, 5) is 11.1. The molecule has 0 unspecified atom stereocenters. The summed E-state index contributed by atoms with van der Waals surface area (Å²) in [5.74, 6) is -0.251. The monoisotopic (exact) mass is 371 g/mol. The second-order valence-corrected chi connectivity index (χ2v) is 5.66.